The monoisotopic (exact) mass is 386 g/mol. The lowest BCUT2D eigenvalue weighted by Crippen LogP contribution is -2.20. The molecule has 1 spiro atoms. The Morgan fingerprint density at radius 2 is 1.37 bits per heavy atom. The lowest BCUT2D eigenvalue weighted by Gasteiger charge is -2.27. The molecule has 1 fully saturated rings. The second kappa shape index (κ2) is 6.44. The van der Waals surface area contributed by atoms with Gasteiger partial charge in [-0.15, -0.1) is 0 Å². The molecule has 0 saturated heterocycles. The normalized spacial score (nSPS) is 16.0. The molecular weight excluding hydrogens is 360 g/mol. The van der Waals surface area contributed by atoms with Crippen LogP contribution in [0.5, 0.6) is 0 Å². The predicted molar refractivity (Wildman–Crippen MR) is 129 cm³/mol. The zero-order valence-corrected chi connectivity index (χ0v) is 17.5. The Hall–Kier alpha value is -3.12. The van der Waals surface area contributed by atoms with Gasteiger partial charge in [-0.2, -0.15) is 0 Å². The molecule has 30 heavy (non-hydrogen) atoms. The smallest absolute Gasteiger partial charge is 0.0215 e. The Balaban J connectivity index is 1.60. The van der Waals surface area contributed by atoms with E-state index in [-0.39, 0.29) is 5.41 Å². The van der Waals surface area contributed by atoms with Crippen molar-refractivity contribution in [3.8, 4) is 22.3 Å². The molecule has 0 N–H and O–H groups in total. The maximum atomic E-state index is 4.20. The van der Waals surface area contributed by atoms with E-state index in [0.29, 0.717) is 0 Å². The van der Waals surface area contributed by atoms with Crippen molar-refractivity contribution in [3.05, 3.63) is 102 Å². The second-order valence-corrected chi connectivity index (χ2v) is 9.08. The summed E-state index contributed by atoms with van der Waals surface area (Å²) in [5.74, 6) is 0. The van der Waals surface area contributed by atoms with Crippen LogP contribution >= 0.6 is 0 Å². The fourth-order valence-corrected chi connectivity index (χ4v) is 6.06. The third kappa shape index (κ3) is 2.34. The van der Waals surface area contributed by atoms with E-state index in [9.17, 15) is 0 Å². The lowest BCUT2D eigenvalue weighted by molar-refractivity contribution is 0.550. The molecule has 0 bridgehead atoms. The van der Waals surface area contributed by atoms with Gasteiger partial charge in [0.05, 0.1) is 0 Å². The molecule has 0 amide bonds. The topological polar surface area (TPSA) is 0 Å². The molecule has 4 aromatic carbocycles. The first-order chi connectivity index (χ1) is 14.7. The molecule has 0 unspecified atom stereocenters. The van der Waals surface area contributed by atoms with E-state index in [2.05, 4.69) is 92.4 Å². The van der Waals surface area contributed by atoms with Crippen molar-refractivity contribution < 1.29 is 0 Å². The molecule has 2 aliphatic rings. The highest BCUT2D eigenvalue weighted by Crippen LogP contribution is 2.57. The predicted octanol–water partition coefficient (Wildman–Crippen LogP) is 8.38. The van der Waals surface area contributed by atoms with Crippen LogP contribution in [0.25, 0.3) is 38.6 Å². The molecule has 0 nitrogen and oxygen atoms in total. The summed E-state index contributed by atoms with van der Waals surface area (Å²) < 4.78 is 0. The van der Waals surface area contributed by atoms with Gasteiger partial charge in [0.2, 0.25) is 0 Å². The Morgan fingerprint density at radius 1 is 0.700 bits per heavy atom. The average molecular weight is 387 g/mol. The van der Waals surface area contributed by atoms with Crippen LogP contribution in [0, 0.1) is 0 Å². The summed E-state index contributed by atoms with van der Waals surface area (Å²) in [5, 5.41) is 2.61. The van der Waals surface area contributed by atoms with Crippen molar-refractivity contribution in [1.29, 1.82) is 0 Å². The van der Waals surface area contributed by atoms with Crippen LogP contribution in [0.15, 0.2) is 85.4 Å². The largest absolute Gasteiger partial charge is 0.0955 e. The molecule has 0 aliphatic heterocycles. The van der Waals surface area contributed by atoms with E-state index in [4.69, 9.17) is 0 Å². The van der Waals surface area contributed by atoms with Crippen LogP contribution in [0.1, 0.15) is 49.3 Å². The van der Waals surface area contributed by atoms with Crippen LogP contribution in [-0.4, -0.2) is 0 Å². The van der Waals surface area contributed by atoms with Crippen molar-refractivity contribution in [2.45, 2.75) is 38.0 Å². The van der Waals surface area contributed by atoms with Crippen LogP contribution in [0.4, 0.5) is 0 Å². The average Bonchev–Trinajstić information content (AvgIpc) is 3.38. The molecule has 0 radical (unpaired) electrons. The zero-order chi connectivity index (χ0) is 20.3. The standard InChI is InChI=1S/C30H26/c1-20(2)22-15-16-23(25-10-4-3-9-24(22)25)21-13-14-27-26-11-5-6-12-28(26)30(29(27)19-21)17-7-8-18-30/h3-6,9-16,19H,1,7-8,17-18H2,2H3. The van der Waals surface area contributed by atoms with E-state index in [1.165, 1.54) is 64.3 Å². The van der Waals surface area contributed by atoms with Crippen molar-refractivity contribution in [2.75, 3.05) is 0 Å². The summed E-state index contributed by atoms with van der Waals surface area (Å²) in [6, 6.07) is 29.6. The summed E-state index contributed by atoms with van der Waals surface area (Å²) in [7, 11) is 0. The van der Waals surface area contributed by atoms with E-state index >= 15 is 0 Å². The lowest BCUT2D eigenvalue weighted by atomic mass is 9.76. The van der Waals surface area contributed by atoms with Crippen molar-refractivity contribution in [1.82, 2.24) is 0 Å². The van der Waals surface area contributed by atoms with Gasteiger partial charge in [-0.1, -0.05) is 97.8 Å². The van der Waals surface area contributed by atoms with Gasteiger partial charge < -0.3 is 0 Å². The Labute approximate surface area is 178 Å². The van der Waals surface area contributed by atoms with Crippen molar-refractivity contribution >= 4 is 16.3 Å². The van der Waals surface area contributed by atoms with Gasteiger partial charge in [-0.25, -0.2) is 0 Å². The SMILES string of the molecule is C=C(C)c1ccc(-c2ccc3c(c2)C2(CCCC2)c2ccccc2-3)c2ccccc12. The van der Waals surface area contributed by atoms with E-state index in [1.807, 2.05) is 0 Å². The first kappa shape index (κ1) is 17.7. The molecule has 0 aromatic heterocycles. The third-order valence-electron chi connectivity index (χ3n) is 7.42. The van der Waals surface area contributed by atoms with E-state index < -0.39 is 0 Å². The van der Waals surface area contributed by atoms with E-state index in [1.54, 1.807) is 11.1 Å². The summed E-state index contributed by atoms with van der Waals surface area (Å²) in [6.45, 7) is 6.29. The first-order valence-corrected chi connectivity index (χ1v) is 11.1. The fourth-order valence-electron chi connectivity index (χ4n) is 6.06. The highest BCUT2D eigenvalue weighted by atomic mass is 14.5. The molecule has 0 heteroatoms. The zero-order valence-electron chi connectivity index (χ0n) is 17.5. The molecular formula is C30H26. The third-order valence-corrected chi connectivity index (χ3v) is 7.42. The van der Waals surface area contributed by atoms with Crippen LogP contribution in [0.2, 0.25) is 0 Å². The van der Waals surface area contributed by atoms with E-state index in [0.717, 1.165) is 5.57 Å². The summed E-state index contributed by atoms with van der Waals surface area (Å²) in [6.07, 6.45) is 5.20. The highest BCUT2D eigenvalue weighted by molar-refractivity contribution is 6.03. The number of benzene rings is 4. The molecule has 0 heterocycles. The van der Waals surface area contributed by atoms with Gasteiger partial charge in [0.15, 0.2) is 0 Å². The molecule has 2 aliphatic carbocycles. The first-order valence-electron chi connectivity index (χ1n) is 11.1. The minimum Gasteiger partial charge on any atom is -0.0955 e. The fraction of sp³-hybridized carbons (Fsp3) is 0.200. The van der Waals surface area contributed by atoms with Crippen LogP contribution in [0.3, 0.4) is 0 Å². The Morgan fingerprint density at radius 3 is 2.17 bits per heavy atom. The summed E-state index contributed by atoms with van der Waals surface area (Å²) >= 11 is 0. The van der Waals surface area contributed by atoms with Gasteiger partial charge in [0.25, 0.3) is 0 Å². The molecule has 6 rings (SSSR count). The maximum Gasteiger partial charge on any atom is 0.0215 e. The van der Waals surface area contributed by atoms with Crippen molar-refractivity contribution in [2.24, 2.45) is 0 Å². The minimum atomic E-state index is 0.218. The quantitative estimate of drug-likeness (QED) is 0.324. The number of hydrogen-bond donors (Lipinski definition) is 0. The molecule has 0 atom stereocenters. The van der Waals surface area contributed by atoms with Gasteiger partial charge >= 0.3 is 0 Å². The summed E-state index contributed by atoms with van der Waals surface area (Å²) in [5.41, 5.74) is 11.2. The maximum absolute atomic E-state index is 4.20. The van der Waals surface area contributed by atoms with Crippen molar-refractivity contribution in [3.63, 3.8) is 0 Å². The van der Waals surface area contributed by atoms with Gasteiger partial charge in [-0.05, 0) is 75.5 Å². The van der Waals surface area contributed by atoms with Crippen LogP contribution in [-0.2, 0) is 5.41 Å². The Bertz CT molecular complexity index is 1320. The summed E-state index contributed by atoms with van der Waals surface area (Å²) in [4.78, 5) is 0. The molecule has 1 saturated carbocycles. The number of hydrogen-bond acceptors (Lipinski definition) is 0. The second-order valence-electron chi connectivity index (χ2n) is 9.08. The number of fused-ring (bicyclic) bond motifs is 6. The van der Waals surface area contributed by atoms with Crippen LogP contribution < -0.4 is 0 Å². The molecule has 4 aromatic rings. The highest BCUT2D eigenvalue weighted by Gasteiger charge is 2.44. The number of rotatable bonds is 2. The van der Waals surface area contributed by atoms with Gasteiger partial charge in [0.1, 0.15) is 0 Å². The Kier molecular flexibility index (Phi) is 3.80. The minimum absolute atomic E-state index is 0.218. The molecule has 146 valence electrons. The van der Waals surface area contributed by atoms with Gasteiger partial charge in [0, 0.05) is 5.41 Å². The number of allylic oxidation sites excluding steroid dienone is 1. The van der Waals surface area contributed by atoms with Gasteiger partial charge in [-0.3, -0.25) is 0 Å².